The van der Waals surface area contributed by atoms with Crippen molar-refractivity contribution in [3.63, 3.8) is 0 Å². The second-order valence-corrected chi connectivity index (χ2v) is 8.23. The summed E-state index contributed by atoms with van der Waals surface area (Å²) < 4.78 is 7.37. The lowest BCUT2D eigenvalue weighted by Crippen LogP contribution is -2.20. The predicted molar refractivity (Wildman–Crippen MR) is 119 cm³/mol. The first-order valence-electron chi connectivity index (χ1n) is 9.18. The van der Waals surface area contributed by atoms with Gasteiger partial charge in [0.2, 0.25) is 6.10 Å². The molecule has 0 aliphatic heterocycles. The molecule has 0 saturated heterocycles. The van der Waals surface area contributed by atoms with E-state index in [1.165, 1.54) is 6.21 Å². The van der Waals surface area contributed by atoms with Gasteiger partial charge >= 0.3 is 5.97 Å². The van der Waals surface area contributed by atoms with Gasteiger partial charge < -0.3 is 19.8 Å². The average Bonchev–Trinajstić information content (AvgIpc) is 2.68. The van der Waals surface area contributed by atoms with Crippen molar-refractivity contribution in [2.75, 3.05) is 0 Å². The maximum atomic E-state index is 11.0. The molecule has 0 aliphatic rings. The summed E-state index contributed by atoms with van der Waals surface area (Å²) in [6, 6.07) is 8.74. The number of carbonyl (C=O) groups is 1. The van der Waals surface area contributed by atoms with E-state index in [2.05, 4.69) is 43.9 Å². The number of hydrogen-bond acceptors (Lipinski definition) is 5. The Bertz CT molecular complexity index is 878. The average molecular weight is 529 g/mol. The Labute approximate surface area is 186 Å². The molecule has 0 fully saturated rings. The van der Waals surface area contributed by atoms with E-state index in [0.29, 0.717) is 32.4 Å². The number of rotatable bonds is 9. The third kappa shape index (κ3) is 6.21. The van der Waals surface area contributed by atoms with Crippen LogP contribution in [0.1, 0.15) is 50.7 Å². The first-order valence-corrected chi connectivity index (χ1v) is 10.8. The second-order valence-electron chi connectivity index (χ2n) is 6.52. The zero-order valence-corrected chi connectivity index (χ0v) is 19.5. The summed E-state index contributed by atoms with van der Waals surface area (Å²) in [6.07, 6.45) is 1.68. The van der Waals surface area contributed by atoms with Crippen molar-refractivity contribution in [2.45, 2.75) is 45.6 Å². The Morgan fingerprint density at radius 3 is 2.38 bits per heavy atom. The predicted octanol–water partition coefficient (Wildman–Crippen LogP) is 6.44. The Morgan fingerprint density at radius 2 is 1.83 bits per heavy atom. The molecule has 0 heterocycles. The van der Waals surface area contributed by atoms with Crippen LogP contribution in [-0.4, -0.2) is 28.5 Å². The number of hydrogen-bond donors (Lipinski definition) is 2. The van der Waals surface area contributed by atoms with E-state index in [-0.39, 0.29) is 11.7 Å². The normalized spacial score (nSPS) is 13.3. The van der Waals surface area contributed by atoms with Gasteiger partial charge in [0.1, 0.15) is 11.5 Å². The van der Waals surface area contributed by atoms with Crippen LogP contribution in [0.5, 0.6) is 17.2 Å². The molecule has 8 heteroatoms. The Hall–Kier alpha value is -2.06. The highest BCUT2D eigenvalue weighted by Gasteiger charge is 2.16. The zero-order valence-electron chi connectivity index (χ0n) is 16.4. The van der Waals surface area contributed by atoms with Crippen molar-refractivity contribution >= 4 is 44.0 Å². The van der Waals surface area contributed by atoms with Gasteiger partial charge in [0.25, 0.3) is 0 Å². The molecular formula is C21H23Br2NO5. The number of nitrogens with zero attached hydrogens (tertiary/aromatic N) is 1. The third-order valence-corrected chi connectivity index (χ3v) is 5.60. The fourth-order valence-corrected chi connectivity index (χ4v) is 3.92. The molecule has 29 heavy (non-hydrogen) atoms. The number of aliphatic carboxylic acids is 1. The molecule has 2 aromatic rings. The highest BCUT2D eigenvalue weighted by molar-refractivity contribution is 9.11. The Morgan fingerprint density at radius 1 is 1.17 bits per heavy atom. The highest BCUT2D eigenvalue weighted by atomic mass is 79.9. The molecule has 6 nitrogen and oxygen atoms in total. The largest absolute Gasteiger partial charge is 0.508 e. The summed E-state index contributed by atoms with van der Waals surface area (Å²) in [7, 11) is 0. The van der Waals surface area contributed by atoms with Gasteiger partial charge in [-0.2, -0.15) is 0 Å². The first kappa shape index (κ1) is 23.2. The smallest absolute Gasteiger partial charge is 0.347 e. The van der Waals surface area contributed by atoms with Crippen LogP contribution in [0.15, 0.2) is 44.4 Å². The number of carboxylic acids is 1. The minimum Gasteiger partial charge on any atom is -0.508 e. The van der Waals surface area contributed by atoms with E-state index >= 15 is 0 Å². The molecule has 156 valence electrons. The number of carboxylic acid groups (broad SMARTS) is 1. The van der Waals surface area contributed by atoms with E-state index in [9.17, 15) is 9.90 Å². The molecule has 2 unspecified atom stereocenters. The topological polar surface area (TPSA) is 88.4 Å². The van der Waals surface area contributed by atoms with Crippen LogP contribution in [0.3, 0.4) is 0 Å². The minimum absolute atomic E-state index is 0.210. The fourth-order valence-electron chi connectivity index (χ4n) is 2.54. The molecule has 0 bridgehead atoms. The van der Waals surface area contributed by atoms with Crippen LogP contribution in [0.4, 0.5) is 0 Å². The summed E-state index contributed by atoms with van der Waals surface area (Å²) in [5.41, 5.74) is 1.53. The quantitative estimate of drug-likeness (QED) is 0.289. The lowest BCUT2D eigenvalue weighted by atomic mass is 9.97. The molecule has 2 atom stereocenters. The Kier molecular flexibility index (Phi) is 8.52. The number of benzene rings is 2. The third-order valence-electron chi connectivity index (χ3n) is 4.42. The van der Waals surface area contributed by atoms with Crippen LogP contribution in [0.2, 0.25) is 0 Å². The van der Waals surface area contributed by atoms with Crippen molar-refractivity contribution in [3.05, 3.63) is 50.4 Å². The maximum absolute atomic E-state index is 11.0. The van der Waals surface area contributed by atoms with Gasteiger partial charge in [0, 0.05) is 5.56 Å². The standard InChI is InChI=1S/C21H23Br2NO5/c1-4-12(3)15-10-14(6-7-18(15)25)28-20-16(22)8-13(9-17(20)23)11-24-29-19(5-2)21(26)27/h6-12,19,25H,4-5H2,1-3H3,(H,26,27)/b24-11-. The van der Waals surface area contributed by atoms with Crippen LogP contribution < -0.4 is 4.74 Å². The minimum atomic E-state index is -1.05. The Balaban J connectivity index is 2.21. The van der Waals surface area contributed by atoms with E-state index in [1.807, 2.05) is 13.0 Å². The van der Waals surface area contributed by atoms with Crippen molar-refractivity contribution in [3.8, 4) is 17.2 Å². The zero-order chi connectivity index (χ0) is 21.6. The summed E-state index contributed by atoms with van der Waals surface area (Å²) >= 11 is 6.98. The molecule has 0 spiro atoms. The van der Waals surface area contributed by atoms with Gasteiger partial charge in [-0.3, -0.25) is 0 Å². The lowest BCUT2D eigenvalue weighted by Gasteiger charge is -2.15. The molecule has 0 saturated carbocycles. The number of halogens is 2. The van der Waals surface area contributed by atoms with Gasteiger partial charge in [-0.05, 0) is 86.5 Å². The summed E-state index contributed by atoms with van der Waals surface area (Å²) in [5.74, 6) is 0.587. The lowest BCUT2D eigenvalue weighted by molar-refractivity contribution is -0.150. The molecule has 2 aromatic carbocycles. The van der Waals surface area contributed by atoms with Crippen molar-refractivity contribution in [2.24, 2.45) is 5.16 Å². The monoisotopic (exact) mass is 527 g/mol. The highest BCUT2D eigenvalue weighted by Crippen LogP contribution is 2.39. The van der Waals surface area contributed by atoms with Gasteiger partial charge in [-0.15, -0.1) is 0 Å². The van der Waals surface area contributed by atoms with Gasteiger partial charge in [-0.1, -0.05) is 25.9 Å². The van der Waals surface area contributed by atoms with Crippen LogP contribution in [0, 0.1) is 0 Å². The van der Waals surface area contributed by atoms with E-state index in [4.69, 9.17) is 14.7 Å². The summed E-state index contributed by atoms with van der Waals surface area (Å²) in [5, 5.41) is 22.8. The molecule has 0 aliphatic carbocycles. The van der Waals surface area contributed by atoms with Crippen molar-refractivity contribution in [1.29, 1.82) is 0 Å². The molecule has 2 N–H and O–H groups in total. The van der Waals surface area contributed by atoms with Crippen molar-refractivity contribution in [1.82, 2.24) is 0 Å². The van der Waals surface area contributed by atoms with Crippen LogP contribution in [-0.2, 0) is 9.63 Å². The number of aromatic hydroxyl groups is 1. The summed E-state index contributed by atoms with van der Waals surface area (Å²) in [4.78, 5) is 16.0. The first-order chi connectivity index (χ1) is 13.8. The van der Waals surface area contributed by atoms with Crippen molar-refractivity contribution < 1.29 is 24.6 Å². The summed E-state index contributed by atoms with van der Waals surface area (Å²) in [6.45, 7) is 5.83. The van der Waals surface area contributed by atoms with Gasteiger partial charge in [-0.25, -0.2) is 4.79 Å². The fraction of sp³-hybridized carbons (Fsp3) is 0.333. The number of phenols is 1. The molecule has 0 radical (unpaired) electrons. The molecule has 0 aromatic heterocycles. The number of phenolic OH excluding ortho intramolecular Hbond substituents is 1. The molecule has 2 rings (SSSR count). The number of oxime groups is 1. The van der Waals surface area contributed by atoms with Gasteiger partial charge in [0.05, 0.1) is 15.2 Å². The SMILES string of the molecule is CCC(O/N=C\c1cc(Br)c(Oc2ccc(O)c(C(C)CC)c2)c(Br)c1)C(=O)O. The second kappa shape index (κ2) is 10.6. The molecule has 0 amide bonds. The van der Waals surface area contributed by atoms with E-state index in [1.54, 1.807) is 31.2 Å². The molecular weight excluding hydrogens is 506 g/mol. The van der Waals surface area contributed by atoms with Gasteiger partial charge in [0.15, 0.2) is 5.75 Å². The van der Waals surface area contributed by atoms with Crippen LogP contribution in [0.25, 0.3) is 0 Å². The van der Waals surface area contributed by atoms with Crippen LogP contribution >= 0.6 is 31.9 Å². The van der Waals surface area contributed by atoms with E-state index in [0.717, 1.165) is 12.0 Å². The maximum Gasteiger partial charge on any atom is 0.347 e. The number of ether oxygens (including phenoxy) is 1. The van der Waals surface area contributed by atoms with E-state index < -0.39 is 12.1 Å².